The molecule has 0 aromatic heterocycles. The van der Waals surface area contributed by atoms with Crippen LogP contribution < -0.4 is 15.0 Å². The van der Waals surface area contributed by atoms with E-state index in [9.17, 15) is 9.59 Å². The van der Waals surface area contributed by atoms with Gasteiger partial charge in [-0.1, -0.05) is 42.5 Å². The van der Waals surface area contributed by atoms with Crippen LogP contribution in [0.4, 0.5) is 11.4 Å². The van der Waals surface area contributed by atoms with E-state index in [1.165, 1.54) is 18.7 Å². The second-order valence-electron chi connectivity index (χ2n) is 6.96. The summed E-state index contributed by atoms with van der Waals surface area (Å²) in [5, 5.41) is 2.75. The molecule has 1 N–H and O–H groups in total. The lowest BCUT2D eigenvalue weighted by Crippen LogP contribution is -2.42. The second kappa shape index (κ2) is 9.05. The molecule has 3 aromatic rings. The molecule has 0 spiro atoms. The summed E-state index contributed by atoms with van der Waals surface area (Å²) < 4.78 is 5.94. The van der Waals surface area contributed by atoms with Gasteiger partial charge in [-0.2, -0.15) is 0 Å². The van der Waals surface area contributed by atoms with Crippen LogP contribution in [0.1, 0.15) is 18.5 Å². The van der Waals surface area contributed by atoms with Crippen LogP contribution in [0.15, 0.2) is 83.8 Å². The van der Waals surface area contributed by atoms with Gasteiger partial charge in [-0.25, -0.2) is 0 Å². The van der Waals surface area contributed by atoms with Crippen LogP contribution in [-0.4, -0.2) is 24.2 Å². The number of carbonyl (C=O) groups is 2. The third kappa shape index (κ3) is 4.49. The number of nitrogens with zero attached hydrogens (tertiary/aromatic N) is 1. The summed E-state index contributed by atoms with van der Waals surface area (Å²) in [7, 11) is 0. The predicted molar refractivity (Wildman–Crippen MR) is 120 cm³/mol. The van der Waals surface area contributed by atoms with Crippen molar-refractivity contribution < 1.29 is 14.3 Å². The Morgan fingerprint density at radius 3 is 2.43 bits per heavy atom. The quantitative estimate of drug-likeness (QED) is 0.599. The second-order valence-corrected chi connectivity index (χ2v) is 8.01. The summed E-state index contributed by atoms with van der Waals surface area (Å²) in [6.45, 7) is 1.90. The Morgan fingerprint density at radius 2 is 1.70 bits per heavy atom. The monoisotopic (exact) mass is 418 g/mol. The topological polar surface area (TPSA) is 58.6 Å². The fourth-order valence-electron chi connectivity index (χ4n) is 3.47. The van der Waals surface area contributed by atoms with E-state index in [1.807, 2.05) is 83.8 Å². The maximum absolute atomic E-state index is 13.3. The number of amides is 2. The molecule has 4 rings (SSSR count). The van der Waals surface area contributed by atoms with Crippen LogP contribution in [0.25, 0.3) is 0 Å². The van der Waals surface area contributed by atoms with E-state index in [2.05, 4.69) is 5.32 Å². The minimum Gasteiger partial charge on any atom is -0.489 e. The molecule has 1 heterocycles. The van der Waals surface area contributed by atoms with E-state index >= 15 is 0 Å². The van der Waals surface area contributed by atoms with Gasteiger partial charge in [-0.15, -0.1) is 11.8 Å². The maximum Gasteiger partial charge on any atom is 0.238 e. The van der Waals surface area contributed by atoms with E-state index in [4.69, 9.17) is 4.74 Å². The normalized spacial score (nSPS) is 15.1. The highest BCUT2D eigenvalue weighted by Gasteiger charge is 2.33. The van der Waals surface area contributed by atoms with E-state index in [0.29, 0.717) is 12.4 Å². The molecule has 30 heavy (non-hydrogen) atoms. The van der Waals surface area contributed by atoms with Gasteiger partial charge in [0.05, 0.1) is 17.5 Å². The van der Waals surface area contributed by atoms with Gasteiger partial charge in [-0.3, -0.25) is 14.5 Å². The van der Waals surface area contributed by atoms with E-state index in [-0.39, 0.29) is 17.9 Å². The van der Waals surface area contributed by atoms with Crippen molar-refractivity contribution in [2.24, 2.45) is 0 Å². The molecule has 0 fully saturated rings. The molecule has 2 amide bonds. The van der Waals surface area contributed by atoms with Crippen molar-refractivity contribution in [2.45, 2.75) is 17.9 Å². The van der Waals surface area contributed by atoms with Gasteiger partial charge >= 0.3 is 0 Å². The zero-order chi connectivity index (χ0) is 20.9. The maximum atomic E-state index is 13.3. The van der Waals surface area contributed by atoms with Gasteiger partial charge in [0.25, 0.3) is 0 Å². The van der Waals surface area contributed by atoms with Crippen molar-refractivity contribution in [3.8, 4) is 5.75 Å². The van der Waals surface area contributed by atoms with Crippen molar-refractivity contribution in [2.75, 3.05) is 22.6 Å². The van der Waals surface area contributed by atoms with Crippen molar-refractivity contribution in [3.05, 3.63) is 84.4 Å². The Hall–Kier alpha value is -3.25. The third-order valence-corrected chi connectivity index (χ3v) is 5.82. The largest absolute Gasteiger partial charge is 0.489 e. The first kappa shape index (κ1) is 20.0. The number of ether oxygens (including phenoxy) is 1. The summed E-state index contributed by atoms with van der Waals surface area (Å²) in [6.07, 6.45) is 0. The fraction of sp³-hybridized carbons (Fsp3) is 0.167. The van der Waals surface area contributed by atoms with Gasteiger partial charge in [0.2, 0.25) is 11.8 Å². The minimum atomic E-state index is -0.170. The van der Waals surface area contributed by atoms with Gasteiger partial charge in [-0.05, 0) is 42.0 Å². The minimum absolute atomic E-state index is 0.0236. The van der Waals surface area contributed by atoms with E-state index < -0.39 is 0 Å². The lowest BCUT2D eigenvalue weighted by Gasteiger charge is -2.37. The molecule has 0 saturated carbocycles. The van der Waals surface area contributed by atoms with Crippen LogP contribution in [0, 0.1) is 0 Å². The number of anilines is 2. The van der Waals surface area contributed by atoms with Gasteiger partial charge in [0.1, 0.15) is 12.4 Å². The highest BCUT2D eigenvalue weighted by Crippen LogP contribution is 2.39. The Morgan fingerprint density at radius 1 is 1.00 bits per heavy atom. The molecule has 6 heteroatoms. The summed E-state index contributed by atoms with van der Waals surface area (Å²) in [5.41, 5.74) is 2.58. The first-order chi connectivity index (χ1) is 14.6. The molecule has 0 radical (unpaired) electrons. The molecular weight excluding hydrogens is 396 g/mol. The Bertz CT molecular complexity index is 1040. The fourth-order valence-corrected chi connectivity index (χ4v) is 4.23. The van der Waals surface area contributed by atoms with Crippen LogP contribution in [-0.2, 0) is 9.59 Å². The summed E-state index contributed by atoms with van der Waals surface area (Å²) >= 11 is 1.48. The number of hydrogen-bond donors (Lipinski definition) is 1. The average molecular weight is 419 g/mol. The first-order valence-corrected chi connectivity index (χ1v) is 10.7. The SMILES string of the molecule is CC(=O)Nc1ccc(SCC(=O)N2c3ccccc3OC[C@@H]2c2ccccc2)cc1. The predicted octanol–water partition coefficient (Wildman–Crippen LogP) is 4.90. The zero-order valence-electron chi connectivity index (χ0n) is 16.6. The molecule has 0 saturated heterocycles. The van der Waals surface area contributed by atoms with Crippen molar-refractivity contribution >= 4 is 35.0 Å². The zero-order valence-corrected chi connectivity index (χ0v) is 17.4. The van der Waals surface area contributed by atoms with Crippen LogP contribution in [0.3, 0.4) is 0 Å². The Labute approximate surface area is 180 Å². The molecule has 1 atom stereocenters. The number of benzene rings is 3. The number of carbonyl (C=O) groups excluding carboxylic acids is 2. The molecule has 152 valence electrons. The van der Waals surface area contributed by atoms with Crippen LogP contribution >= 0.6 is 11.8 Å². The highest BCUT2D eigenvalue weighted by molar-refractivity contribution is 8.00. The highest BCUT2D eigenvalue weighted by atomic mass is 32.2. The smallest absolute Gasteiger partial charge is 0.238 e. The molecule has 0 aliphatic carbocycles. The van der Waals surface area contributed by atoms with Crippen molar-refractivity contribution in [1.82, 2.24) is 0 Å². The molecular formula is C24H22N2O3S. The van der Waals surface area contributed by atoms with Gasteiger partial charge in [0, 0.05) is 17.5 Å². The summed E-state index contributed by atoms with van der Waals surface area (Å²) in [6, 6.07) is 24.9. The lowest BCUT2D eigenvalue weighted by atomic mass is 10.0. The summed E-state index contributed by atoms with van der Waals surface area (Å²) in [4.78, 5) is 27.3. The van der Waals surface area contributed by atoms with Crippen LogP contribution in [0.2, 0.25) is 0 Å². The standard InChI is InChI=1S/C24H22N2O3S/c1-17(27)25-19-11-13-20(14-12-19)30-16-24(28)26-21-9-5-6-10-23(21)29-15-22(26)18-7-3-2-4-8-18/h2-14,22H,15-16H2,1H3,(H,25,27)/t22-/m1/s1. The lowest BCUT2D eigenvalue weighted by molar-refractivity contribution is -0.117. The molecule has 1 aliphatic rings. The molecule has 5 nitrogen and oxygen atoms in total. The Kier molecular flexibility index (Phi) is 6.05. The number of hydrogen-bond acceptors (Lipinski definition) is 4. The number of fused-ring (bicyclic) bond motifs is 1. The van der Waals surface area contributed by atoms with E-state index in [0.717, 1.165) is 27.6 Å². The van der Waals surface area contributed by atoms with Gasteiger partial charge < -0.3 is 10.1 Å². The van der Waals surface area contributed by atoms with E-state index in [1.54, 1.807) is 0 Å². The number of para-hydroxylation sites is 2. The third-order valence-electron chi connectivity index (χ3n) is 4.82. The number of nitrogens with one attached hydrogen (secondary N) is 1. The first-order valence-electron chi connectivity index (χ1n) is 9.71. The number of rotatable bonds is 5. The number of thioether (sulfide) groups is 1. The van der Waals surface area contributed by atoms with Crippen molar-refractivity contribution in [3.63, 3.8) is 0 Å². The van der Waals surface area contributed by atoms with Gasteiger partial charge in [0.15, 0.2) is 0 Å². The molecule has 0 unspecified atom stereocenters. The summed E-state index contributed by atoms with van der Waals surface area (Å²) in [5.74, 6) is 0.943. The molecule has 3 aromatic carbocycles. The molecule has 0 bridgehead atoms. The van der Waals surface area contributed by atoms with Crippen LogP contribution in [0.5, 0.6) is 5.75 Å². The van der Waals surface area contributed by atoms with Crippen molar-refractivity contribution in [1.29, 1.82) is 0 Å². The Balaban J connectivity index is 1.53. The average Bonchev–Trinajstić information content (AvgIpc) is 2.78. The molecule has 1 aliphatic heterocycles.